The molecular formula is C19H25N3O2S2. The molecule has 1 unspecified atom stereocenters. The highest BCUT2D eigenvalue weighted by Gasteiger charge is 2.24. The summed E-state index contributed by atoms with van der Waals surface area (Å²) in [4.78, 5) is 31.9. The molecular weight excluding hydrogens is 366 g/mol. The molecule has 2 heterocycles. The van der Waals surface area contributed by atoms with Crippen molar-refractivity contribution < 1.29 is 4.79 Å². The normalized spacial score (nSPS) is 16.5. The molecule has 0 aliphatic heterocycles. The first-order valence-corrected chi connectivity index (χ1v) is 10.9. The number of allylic oxidation sites excluding steroid dienone is 1. The fourth-order valence-corrected chi connectivity index (χ4v) is 5.51. The van der Waals surface area contributed by atoms with Gasteiger partial charge in [0.25, 0.3) is 5.56 Å². The number of thiophene rings is 1. The number of rotatable bonds is 7. The number of thioether (sulfide) groups is 1. The van der Waals surface area contributed by atoms with Crippen LogP contribution in [0.2, 0.25) is 0 Å². The molecule has 1 atom stereocenters. The lowest BCUT2D eigenvalue weighted by Gasteiger charge is -2.17. The van der Waals surface area contributed by atoms with E-state index in [1.165, 1.54) is 22.2 Å². The van der Waals surface area contributed by atoms with Crippen LogP contribution in [0.5, 0.6) is 0 Å². The van der Waals surface area contributed by atoms with Gasteiger partial charge in [-0.25, -0.2) is 4.98 Å². The first kappa shape index (κ1) is 19.2. The van der Waals surface area contributed by atoms with Crippen molar-refractivity contribution in [2.45, 2.75) is 51.2 Å². The van der Waals surface area contributed by atoms with Gasteiger partial charge in [0.1, 0.15) is 4.83 Å². The van der Waals surface area contributed by atoms with Gasteiger partial charge in [-0.3, -0.25) is 14.2 Å². The molecule has 2 aromatic heterocycles. The number of amides is 1. The summed E-state index contributed by atoms with van der Waals surface area (Å²) in [5.74, 6) is 0.884. The second-order valence-corrected chi connectivity index (χ2v) is 8.80. The van der Waals surface area contributed by atoms with Crippen molar-refractivity contribution in [2.75, 3.05) is 12.3 Å². The van der Waals surface area contributed by atoms with Gasteiger partial charge >= 0.3 is 0 Å². The first-order valence-electron chi connectivity index (χ1n) is 9.10. The quantitative estimate of drug-likeness (QED) is 0.446. The Labute approximate surface area is 161 Å². The SMILES string of the molecule is C=CCn1c(SCC(=O)NCCC)nc2sc3c(c2c1=O)CCC(C)C3. The summed E-state index contributed by atoms with van der Waals surface area (Å²) in [6, 6.07) is 0. The van der Waals surface area contributed by atoms with Crippen LogP contribution < -0.4 is 10.9 Å². The van der Waals surface area contributed by atoms with E-state index in [0.29, 0.717) is 24.2 Å². The fourth-order valence-electron chi connectivity index (χ4n) is 3.25. The van der Waals surface area contributed by atoms with Crippen molar-refractivity contribution >= 4 is 39.2 Å². The van der Waals surface area contributed by atoms with E-state index >= 15 is 0 Å². The lowest BCUT2D eigenvalue weighted by Crippen LogP contribution is -2.27. The second kappa shape index (κ2) is 8.39. The lowest BCUT2D eigenvalue weighted by atomic mass is 9.89. The summed E-state index contributed by atoms with van der Waals surface area (Å²) in [7, 11) is 0. The van der Waals surface area contributed by atoms with Crippen LogP contribution in [0, 0.1) is 5.92 Å². The smallest absolute Gasteiger partial charge is 0.263 e. The van der Waals surface area contributed by atoms with Crippen LogP contribution in [0.1, 0.15) is 37.1 Å². The average molecular weight is 392 g/mol. The van der Waals surface area contributed by atoms with E-state index in [9.17, 15) is 9.59 Å². The third-order valence-electron chi connectivity index (χ3n) is 4.60. The second-order valence-electron chi connectivity index (χ2n) is 6.77. The van der Waals surface area contributed by atoms with Crippen molar-refractivity contribution in [3.8, 4) is 0 Å². The number of nitrogens with one attached hydrogen (secondary N) is 1. The molecule has 0 spiro atoms. The minimum absolute atomic E-state index is 0.00146. The molecule has 0 fully saturated rings. The molecule has 0 radical (unpaired) electrons. The van der Waals surface area contributed by atoms with Crippen molar-refractivity contribution in [1.29, 1.82) is 0 Å². The predicted octanol–water partition coefficient (Wildman–Crippen LogP) is 3.39. The van der Waals surface area contributed by atoms with Crippen LogP contribution in [0.15, 0.2) is 22.6 Å². The van der Waals surface area contributed by atoms with Gasteiger partial charge in [0, 0.05) is 18.0 Å². The largest absolute Gasteiger partial charge is 0.355 e. The van der Waals surface area contributed by atoms with E-state index in [-0.39, 0.29) is 17.2 Å². The molecule has 0 bridgehead atoms. The molecule has 7 heteroatoms. The minimum atomic E-state index is -0.0318. The number of aryl methyl sites for hydroxylation is 1. The van der Waals surface area contributed by atoms with Gasteiger partial charge in [0.2, 0.25) is 5.91 Å². The molecule has 1 N–H and O–H groups in total. The van der Waals surface area contributed by atoms with Crippen LogP contribution in [0.4, 0.5) is 0 Å². The Hall–Kier alpha value is -1.60. The van der Waals surface area contributed by atoms with Gasteiger partial charge < -0.3 is 5.32 Å². The third kappa shape index (κ3) is 3.88. The monoisotopic (exact) mass is 391 g/mol. The van der Waals surface area contributed by atoms with Crippen molar-refractivity contribution in [3.63, 3.8) is 0 Å². The van der Waals surface area contributed by atoms with E-state index in [0.717, 1.165) is 35.9 Å². The Bertz CT molecular complexity index is 885. The Morgan fingerprint density at radius 3 is 3.08 bits per heavy atom. The highest BCUT2D eigenvalue weighted by atomic mass is 32.2. The van der Waals surface area contributed by atoms with Crippen LogP contribution in [-0.2, 0) is 24.2 Å². The van der Waals surface area contributed by atoms with Gasteiger partial charge in [-0.1, -0.05) is 31.7 Å². The molecule has 26 heavy (non-hydrogen) atoms. The highest BCUT2D eigenvalue weighted by Crippen LogP contribution is 2.36. The first-order chi connectivity index (χ1) is 12.5. The topological polar surface area (TPSA) is 64.0 Å². The number of carbonyl (C=O) groups is 1. The average Bonchev–Trinajstić information content (AvgIpc) is 2.98. The molecule has 1 amide bonds. The number of carbonyl (C=O) groups excluding carboxylic acids is 1. The Morgan fingerprint density at radius 1 is 1.54 bits per heavy atom. The minimum Gasteiger partial charge on any atom is -0.355 e. The molecule has 1 aliphatic carbocycles. The van der Waals surface area contributed by atoms with Crippen LogP contribution in [-0.4, -0.2) is 27.8 Å². The maximum absolute atomic E-state index is 13.1. The van der Waals surface area contributed by atoms with Crippen molar-refractivity contribution in [2.24, 2.45) is 5.92 Å². The summed E-state index contributed by atoms with van der Waals surface area (Å²) in [5.41, 5.74) is 1.19. The van der Waals surface area contributed by atoms with E-state index < -0.39 is 0 Å². The number of fused-ring (bicyclic) bond motifs is 3. The summed E-state index contributed by atoms with van der Waals surface area (Å²) in [6.07, 6.45) is 5.71. The predicted molar refractivity (Wildman–Crippen MR) is 109 cm³/mol. The zero-order chi connectivity index (χ0) is 18.7. The van der Waals surface area contributed by atoms with Gasteiger partial charge in [0.15, 0.2) is 5.16 Å². The van der Waals surface area contributed by atoms with Crippen LogP contribution in [0.3, 0.4) is 0 Å². The van der Waals surface area contributed by atoms with Gasteiger partial charge in [-0.05, 0) is 37.2 Å². The Morgan fingerprint density at radius 2 is 2.35 bits per heavy atom. The molecule has 140 valence electrons. The summed E-state index contributed by atoms with van der Waals surface area (Å²) in [5, 5.41) is 4.23. The fraction of sp³-hybridized carbons (Fsp3) is 0.526. The standard InChI is InChI=1S/C19H25N3O2S2/c1-4-8-20-15(23)11-25-19-21-17-16(18(24)22(19)9-5-2)13-7-6-12(3)10-14(13)26-17/h5,12H,2,4,6-11H2,1,3H3,(H,20,23). The Kier molecular flexibility index (Phi) is 6.19. The molecule has 2 aromatic rings. The Balaban J connectivity index is 1.97. The maximum Gasteiger partial charge on any atom is 0.263 e. The zero-order valence-corrected chi connectivity index (χ0v) is 17.0. The van der Waals surface area contributed by atoms with E-state index in [1.807, 2.05) is 6.92 Å². The molecule has 0 aromatic carbocycles. The highest BCUT2D eigenvalue weighted by molar-refractivity contribution is 7.99. The van der Waals surface area contributed by atoms with Crippen LogP contribution in [0.25, 0.3) is 10.2 Å². The maximum atomic E-state index is 13.1. The number of aromatic nitrogens is 2. The number of hydrogen-bond donors (Lipinski definition) is 1. The van der Waals surface area contributed by atoms with E-state index in [4.69, 9.17) is 4.98 Å². The molecule has 1 aliphatic rings. The third-order valence-corrected chi connectivity index (χ3v) is 6.72. The summed E-state index contributed by atoms with van der Waals surface area (Å²) < 4.78 is 1.65. The van der Waals surface area contributed by atoms with E-state index in [1.54, 1.807) is 22.0 Å². The van der Waals surface area contributed by atoms with Crippen LogP contribution >= 0.6 is 23.1 Å². The molecule has 0 saturated carbocycles. The van der Waals surface area contributed by atoms with E-state index in [2.05, 4.69) is 18.8 Å². The lowest BCUT2D eigenvalue weighted by molar-refractivity contribution is -0.118. The molecule has 5 nitrogen and oxygen atoms in total. The summed E-state index contributed by atoms with van der Waals surface area (Å²) in [6.45, 7) is 9.11. The molecule has 0 saturated heterocycles. The van der Waals surface area contributed by atoms with Gasteiger partial charge in [-0.2, -0.15) is 0 Å². The molecule has 3 rings (SSSR count). The van der Waals surface area contributed by atoms with Gasteiger partial charge in [0.05, 0.1) is 11.1 Å². The van der Waals surface area contributed by atoms with Crippen molar-refractivity contribution in [1.82, 2.24) is 14.9 Å². The number of hydrogen-bond acceptors (Lipinski definition) is 5. The number of nitrogens with zero attached hydrogens (tertiary/aromatic N) is 2. The summed E-state index contributed by atoms with van der Waals surface area (Å²) >= 11 is 2.96. The zero-order valence-electron chi connectivity index (χ0n) is 15.3. The van der Waals surface area contributed by atoms with Gasteiger partial charge in [-0.15, -0.1) is 17.9 Å². The van der Waals surface area contributed by atoms with Crippen molar-refractivity contribution in [3.05, 3.63) is 33.4 Å².